The van der Waals surface area contributed by atoms with Gasteiger partial charge in [0.15, 0.2) is 0 Å². The Balaban J connectivity index is 1.12. The third-order valence-electron chi connectivity index (χ3n) is 10.7. The van der Waals surface area contributed by atoms with E-state index in [9.17, 15) is 14.3 Å². The van der Waals surface area contributed by atoms with E-state index < -0.39 is 12.0 Å². The summed E-state index contributed by atoms with van der Waals surface area (Å²) in [7, 11) is 0. The molecule has 1 N–H and O–H groups in total. The van der Waals surface area contributed by atoms with Crippen LogP contribution >= 0.6 is 0 Å². The molecule has 3 aromatic rings. The SMILES string of the molecule is O=C(O)[C@@H](C1CCCCC1)N1C[C@H](CN2[C@@H]3CC[C@H]2CC(n2cnc4ccccc42)C3)[C@@H](c2cccc(F)c2)C1. The number of carboxylic acids is 1. The van der Waals surface area contributed by atoms with Crippen molar-refractivity contribution in [3.8, 4) is 0 Å². The number of hydrogen-bond donors (Lipinski definition) is 1. The van der Waals surface area contributed by atoms with Crippen LogP contribution in [-0.2, 0) is 4.79 Å². The highest BCUT2D eigenvalue weighted by Crippen LogP contribution is 2.45. The number of hydrogen-bond acceptors (Lipinski definition) is 4. The van der Waals surface area contributed by atoms with Gasteiger partial charge in [0.2, 0.25) is 0 Å². The number of likely N-dealkylation sites (tertiary alicyclic amines) is 1. The fourth-order valence-corrected chi connectivity index (χ4v) is 8.85. The van der Waals surface area contributed by atoms with Crippen LogP contribution in [0.25, 0.3) is 11.0 Å². The van der Waals surface area contributed by atoms with Gasteiger partial charge in [-0.05, 0) is 80.2 Å². The van der Waals surface area contributed by atoms with Gasteiger partial charge < -0.3 is 9.67 Å². The number of aliphatic carboxylic acids is 1. The number of rotatable bonds is 7. The van der Waals surface area contributed by atoms with E-state index in [-0.39, 0.29) is 17.7 Å². The van der Waals surface area contributed by atoms with Crippen molar-refractivity contribution >= 4 is 17.0 Å². The van der Waals surface area contributed by atoms with Crippen molar-refractivity contribution < 1.29 is 14.3 Å². The fourth-order valence-electron chi connectivity index (χ4n) is 8.85. The third-order valence-corrected chi connectivity index (χ3v) is 10.7. The summed E-state index contributed by atoms with van der Waals surface area (Å²) in [6.07, 6.45) is 12.2. The Labute approximate surface area is 236 Å². The van der Waals surface area contributed by atoms with Crippen LogP contribution in [0.15, 0.2) is 54.9 Å². The topological polar surface area (TPSA) is 61.6 Å². The number of piperidine rings is 1. The van der Waals surface area contributed by atoms with E-state index in [1.54, 1.807) is 6.07 Å². The molecule has 1 unspecified atom stereocenters. The predicted molar refractivity (Wildman–Crippen MR) is 154 cm³/mol. The molecule has 40 heavy (non-hydrogen) atoms. The van der Waals surface area contributed by atoms with Crippen LogP contribution in [0.2, 0.25) is 0 Å². The molecule has 3 saturated heterocycles. The lowest BCUT2D eigenvalue weighted by molar-refractivity contribution is -0.145. The highest BCUT2D eigenvalue weighted by atomic mass is 19.1. The Bertz CT molecular complexity index is 1340. The van der Waals surface area contributed by atoms with Gasteiger partial charge in [-0.3, -0.25) is 14.6 Å². The van der Waals surface area contributed by atoms with Crippen molar-refractivity contribution in [3.63, 3.8) is 0 Å². The summed E-state index contributed by atoms with van der Waals surface area (Å²) < 4.78 is 16.8. The van der Waals surface area contributed by atoms with E-state index in [0.29, 0.717) is 30.6 Å². The van der Waals surface area contributed by atoms with Gasteiger partial charge in [-0.2, -0.15) is 0 Å². The van der Waals surface area contributed by atoms with E-state index >= 15 is 0 Å². The summed E-state index contributed by atoms with van der Waals surface area (Å²) in [5, 5.41) is 10.4. The molecule has 7 heteroatoms. The number of carboxylic acid groups (broad SMARTS) is 1. The molecule has 3 aliphatic heterocycles. The molecule has 4 aliphatic rings. The Morgan fingerprint density at radius 3 is 2.48 bits per heavy atom. The van der Waals surface area contributed by atoms with Crippen molar-refractivity contribution in [2.45, 2.75) is 87.9 Å². The fraction of sp³-hybridized carbons (Fsp3) is 0.576. The molecule has 4 fully saturated rings. The van der Waals surface area contributed by atoms with Crippen LogP contribution in [0.1, 0.15) is 75.3 Å². The van der Waals surface area contributed by atoms with Gasteiger partial charge >= 0.3 is 5.97 Å². The third kappa shape index (κ3) is 4.85. The Morgan fingerprint density at radius 1 is 0.950 bits per heavy atom. The summed E-state index contributed by atoms with van der Waals surface area (Å²) >= 11 is 0. The van der Waals surface area contributed by atoms with Crippen molar-refractivity contribution in [2.24, 2.45) is 11.8 Å². The smallest absolute Gasteiger partial charge is 0.321 e. The number of aromatic nitrogens is 2. The summed E-state index contributed by atoms with van der Waals surface area (Å²) in [5.74, 6) is -0.226. The lowest BCUT2D eigenvalue weighted by Gasteiger charge is -2.41. The zero-order chi connectivity index (χ0) is 27.2. The Kier molecular flexibility index (Phi) is 7.13. The monoisotopic (exact) mass is 544 g/mol. The normalized spacial score (nSPS) is 30.7. The first-order valence-electron chi connectivity index (χ1n) is 15.4. The van der Waals surface area contributed by atoms with Crippen LogP contribution in [0.5, 0.6) is 0 Å². The zero-order valence-electron chi connectivity index (χ0n) is 23.2. The van der Waals surface area contributed by atoms with E-state index in [2.05, 4.69) is 43.6 Å². The molecule has 1 aromatic heterocycles. The molecule has 2 bridgehead atoms. The molecule has 1 aliphatic carbocycles. The molecule has 0 radical (unpaired) electrons. The minimum absolute atomic E-state index is 0.149. The lowest BCUT2D eigenvalue weighted by Crippen LogP contribution is -2.48. The molecule has 6 nitrogen and oxygen atoms in total. The van der Waals surface area contributed by atoms with E-state index in [1.807, 2.05) is 18.5 Å². The molecule has 4 heterocycles. The predicted octanol–water partition coefficient (Wildman–Crippen LogP) is 6.09. The van der Waals surface area contributed by atoms with Crippen molar-refractivity contribution in [2.75, 3.05) is 19.6 Å². The second-order valence-electron chi connectivity index (χ2n) is 12.9. The lowest BCUT2D eigenvalue weighted by atomic mass is 9.83. The van der Waals surface area contributed by atoms with E-state index in [0.717, 1.165) is 62.7 Å². The number of benzene rings is 2. The van der Waals surface area contributed by atoms with Crippen LogP contribution in [0.3, 0.4) is 0 Å². The number of imidazole rings is 1. The van der Waals surface area contributed by atoms with Gasteiger partial charge in [-0.1, -0.05) is 43.5 Å². The minimum atomic E-state index is -0.681. The van der Waals surface area contributed by atoms with E-state index in [1.165, 1.54) is 30.8 Å². The van der Waals surface area contributed by atoms with Crippen LogP contribution < -0.4 is 0 Å². The second kappa shape index (κ2) is 10.9. The van der Waals surface area contributed by atoms with Crippen molar-refractivity contribution in [1.82, 2.24) is 19.4 Å². The molecular weight excluding hydrogens is 503 g/mol. The van der Waals surface area contributed by atoms with Gasteiger partial charge in [0.1, 0.15) is 11.9 Å². The molecule has 0 spiro atoms. The van der Waals surface area contributed by atoms with Crippen molar-refractivity contribution in [3.05, 3.63) is 66.2 Å². The van der Waals surface area contributed by atoms with E-state index in [4.69, 9.17) is 0 Å². The average molecular weight is 545 g/mol. The summed E-state index contributed by atoms with van der Waals surface area (Å²) in [6, 6.07) is 16.6. The zero-order valence-corrected chi connectivity index (χ0v) is 23.2. The van der Waals surface area contributed by atoms with Gasteiger partial charge in [0.25, 0.3) is 0 Å². The molecular formula is C33H41FN4O2. The molecule has 7 rings (SSSR count). The summed E-state index contributed by atoms with van der Waals surface area (Å²) in [4.78, 5) is 22.3. The quantitative estimate of drug-likeness (QED) is 0.390. The number of carbonyl (C=O) groups is 1. The number of para-hydroxylation sites is 2. The minimum Gasteiger partial charge on any atom is -0.480 e. The number of halogens is 1. The maximum absolute atomic E-state index is 14.4. The maximum atomic E-state index is 14.4. The Morgan fingerprint density at radius 2 is 1.73 bits per heavy atom. The van der Waals surface area contributed by atoms with Crippen molar-refractivity contribution in [1.29, 1.82) is 0 Å². The Hall–Kier alpha value is -2.77. The first-order chi connectivity index (χ1) is 19.5. The average Bonchev–Trinajstić information content (AvgIpc) is 3.63. The molecule has 212 valence electrons. The molecule has 0 amide bonds. The summed E-state index contributed by atoms with van der Waals surface area (Å²) in [5.41, 5.74) is 3.31. The van der Waals surface area contributed by atoms with Gasteiger partial charge in [0, 0.05) is 43.7 Å². The van der Waals surface area contributed by atoms with Crippen LogP contribution in [-0.4, -0.2) is 68.2 Å². The first kappa shape index (κ1) is 26.1. The molecule has 6 atom stereocenters. The second-order valence-corrected chi connectivity index (χ2v) is 12.9. The van der Waals surface area contributed by atoms with Crippen LogP contribution in [0, 0.1) is 17.7 Å². The largest absolute Gasteiger partial charge is 0.480 e. The summed E-state index contributed by atoms with van der Waals surface area (Å²) in [6.45, 7) is 2.44. The maximum Gasteiger partial charge on any atom is 0.321 e. The van der Waals surface area contributed by atoms with Gasteiger partial charge in [-0.25, -0.2) is 9.37 Å². The highest BCUT2D eigenvalue weighted by Gasteiger charge is 2.47. The standard InChI is InChI=1S/C33H41FN4O2/c34-25-10-6-9-23(15-25)29-20-36(32(33(39)40)22-7-2-1-3-8-22)18-24(29)19-37-26-13-14-27(37)17-28(16-26)38-21-35-30-11-4-5-12-31(30)38/h4-6,9-12,15,21-22,24,26-29,32H,1-3,7-8,13-14,16-20H2,(H,39,40)/t24-,26-,27+,28?,29-,32-/m1/s1. The number of nitrogens with zero attached hydrogens (tertiary/aromatic N) is 4. The molecule has 2 aromatic carbocycles. The van der Waals surface area contributed by atoms with Gasteiger partial charge in [-0.15, -0.1) is 0 Å². The van der Waals surface area contributed by atoms with Crippen LogP contribution in [0.4, 0.5) is 4.39 Å². The highest BCUT2D eigenvalue weighted by molar-refractivity contribution is 5.75. The van der Waals surface area contributed by atoms with Gasteiger partial charge in [0.05, 0.1) is 17.4 Å². The molecule has 1 saturated carbocycles. The first-order valence-corrected chi connectivity index (χ1v) is 15.4. The number of fused-ring (bicyclic) bond motifs is 3.